The topological polar surface area (TPSA) is 43.5 Å². The molecule has 15 rings (SSSR count). The van der Waals surface area contributed by atoms with Gasteiger partial charge in [0.25, 0.3) is 0 Å². The minimum Gasteiger partial charge on any atom is -0.490 e. The lowest BCUT2D eigenvalue weighted by molar-refractivity contribution is -0.0155. The van der Waals surface area contributed by atoms with Crippen LogP contribution in [-0.4, -0.2) is 38.6 Å². The van der Waals surface area contributed by atoms with E-state index >= 15 is 0 Å². The van der Waals surface area contributed by atoms with E-state index in [2.05, 4.69) is 6.07 Å². The third-order valence-electron chi connectivity index (χ3n) is 16.7. The van der Waals surface area contributed by atoms with Crippen LogP contribution in [0.15, 0.2) is 6.07 Å². The van der Waals surface area contributed by atoms with E-state index in [0.29, 0.717) is 10.8 Å². The predicted molar refractivity (Wildman–Crippen MR) is 176 cm³/mol. The molecule has 4 nitrogen and oxygen atoms in total. The molecule has 0 aromatic heterocycles. The van der Waals surface area contributed by atoms with Crippen LogP contribution < -0.4 is 9.47 Å². The normalized spacial score (nSPS) is 52.8. The average Bonchev–Trinajstić information content (AvgIpc) is 3.92. The molecule has 2 saturated heterocycles. The molecular formula is C42H56O4. The second kappa shape index (κ2) is 9.49. The van der Waals surface area contributed by atoms with E-state index in [-0.39, 0.29) is 17.6 Å². The Hall–Kier alpha value is -1.26. The van der Waals surface area contributed by atoms with Crippen LogP contribution in [0.25, 0.3) is 0 Å². The Balaban J connectivity index is 1.11. The van der Waals surface area contributed by atoms with Crippen molar-refractivity contribution in [2.45, 2.75) is 144 Å². The molecule has 14 aliphatic rings. The van der Waals surface area contributed by atoms with E-state index in [9.17, 15) is 0 Å². The average molecular weight is 625 g/mol. The zero-order valence-corrected chi connectivity index (χ0v) is 28.1. The number of ether oxygens (including phenoxy) is 4. The van der Waals surface area contributed by atoms with E-state index in [1.807, 2.05) is 0 Å². The van der Waals surface area contributed by atoms with Crippen molar-refractivity contribution in [1.29, 1.82) is 0 Å². The van der Waals surface area contributed by atoms with Gasteiger partial charge in [-0.2, -0.15) is 0 Å². The first-order chi connectivity index (χ1) is 22.5. The third-order valence-corrected chi connectivity index (χ3v) is 16.7. The van der Waals surface area contributed by atoms with E-state index in [1.165, 1.54) is 127 Å². The zero-order valence-electron chi connectivity index (χ0n) is 28.1. The van der Waals surface area contributed by atoms with Gasteiger partial charge in [-0.25, -0.2) is 0 Å². The van der Waals surface area contributed by atoms with Gasteiger partial charge in [-0.15, -0.1) is 0 Å². The maximum Gasteiger partial charge on any atom is 0.130 e. The van der Waals surface area contributed by atoms with Gasteiger partial charge < -0.3 is 18.9 Å². The Morgan fingerprint density at radius 2 is 0.739 bits per heavy atom. The van der Waals surface area contributed by atoms with Gasteiger partial charge in [0.05, 0.1) is 13.2 Å². The quantitative estimate of drug-likeness (QED) is 0.258. The number of hydrogen-bond donors (Lipinski definition) is 0. The summed E-state index contributed by atoms with van der Waals surface area (Å²) in [5, 5.41) is 0. The molecule has 46 heavy (non-hydrogen) atoms. The summed E-state index contributed by atoms with van der Waals surface area (Å²) >= 11 is 0. The third kappa shape index (κ3) is 4.16. The highest BCUT2D eigenvalue weighted by Crippen LogP contribution is 2.70. The van der Waals surface area contributed by atoms with Gasteiger partial charge in [0.2, 0.25) is 0 Å². The Kier molecular flexibility index (Phi) is 5.69. The summed E-state index contributed by atoms with van der Waals surface area (Å²) in [6.45, 7) is 3.18. The van der Waals surface area contributed by atoms with Crippen molar-refractivity contribution in [2.75, 3.05) is 26.4 Å². The van der Waals surface area contributed by atoms with Crippen molar-refractivity contribution in [3.8, 4) is 11.5 Å². The van der Waals surface area contributed by atoms with Gasteiger partial charge in [0.1, 0.15) is 36.9 Å². The fourth-order valence-electron chi connectivity index (χ4n) is 16.2. The molecule has 1 aromatic rings. The highest BCUT2D eigenvalue weighted by molar-refractivity contribution is 5.63. The summed E-state index contributed by atoms with van der Waals surface area (Å²) < 4.78 is 26.4. The monoisotopic (exact) mass is 624 g/mol. The maximum absolute atomic E-state index is 7.37. The first-order valence-corrected chi connectivity index (χ1v) is 20.2. The number of rotatable bonds is 9. The highest BCUT2D eigenvalue weighted by atomic mass is 16.6. The van der Waals surface area contributed by atoms with E-state index in [0.717, 1.165) is 79.7 Å². The molecule has 0 N–H and O–H groups in total. The molecule has 0 amide bonds. The summed E-state index contributed by atoms with van der Waals surface area (Å²) in [5.41, 5.74) is 5.80. The SMILES string of the molecule is c1c(C23CC4CC(CC(C4)C2)C3)c(OCC2CO2)c(C23CC4CC(CC(C4)C2)C3)c(OCC2CO2)c1C12CC3CC(CC(C3)C1)C2. The second-order valence-corrected chi connectivity index (χ2v) is 20.1. The van der Waals surface area contributed by atoms with Crippen LogP contribution >= 0.6 is 0 Å². The molecular weight excluding hydrogens is 568 g/mol. The van der Waals surface area contributed by atoms with Gasteiger partial charge in [0, 0.05) is 22.1 Å². The minimum atomic E-state index is 0.226. The molecule has 2 atom stereocenters. The van der Waals surface area contributed by atoms with Gasteiger partial charge in [-0.1, -0.05) is 0 Å². The van der Waals surface area contributed by atoms with Gasteiger partial charge in [-0.3, -0.25) is 0 Å². The van der Waals surface area contributed by atoms with Crippen molar-refractivity contribution in [3.05, 3.63) is 22.8 Å². The second-order valence-electron chi connectivity index (χ2n) is 20.1. The summed E-state index contributed by atoms with van der Waals surface area (Å²) in [6.07, 6.45) is 26.5. The predicted octanol–water partition coefficient (Wildman–Crippen LogP) is 8.65. The van der Waals surface area contributed by atoms with Gasteiger partial charge >= 0.3 is 0 Å². The highest BCUT2D eigenvalue weighted by Gasteiger charge is 2.60. The molecule has 12 aliphatic carbocycles. The smallest absolute Gasteiger partial charge is 0.130 e. The Morgan fingerprint density at radius 3 is 1.02 bits per heavy atom. The van der Waals surface area contributed by atoms with Crippen LogP contribution in [0.4, 0.5) is 0 Å². The molecule has 1 aromatic carbocycles. The molecule has 12 bridgehead atoms. The van der Waals surface area contributed by atoms with Crippen LogP contribution in [0.3, 0.4) is 0 Å². The lowest BCUT2D eigenvalue weighted by Crippen LogP contribution is -2.52. The molecule has 0 spiro atoms. The lowest BCUT2D eigenvalue weighted by Gasteiger charge is -2.60. The molecule has 12 saturated carbocycles. The number of benzene rings is 1. The van der Waals surface area contributed by atoms with E-state index < -0.39 is 0 Å². The van der Waals surface area contributed by atoms with Crippen molar-refractivity contribution in [2.24, 2.45) is 53.3 Å². The van der Waals surface area contributed by atoms with Crippen molar-refractivity contribution in [1.82, 2.24) is 0 Å². The lowest BCUT2D eigenvalue weighted by atomic mass is 9.44. The molecule has 2 aliphatic heterocycles. The molecule has 2 heterocycles. The minimum absolute atomic E-state index is 0.226. The van der Waals surface area contributed by atoms with Crippen LogP contribution in [0, 0.1) is 53.3 Å². The Morgan fingerprint density at radius 1 is 0.457 bits per heavy atom. The maximum atomic E-state index is 7.37. The first kappa shape index (κ1) is 27.5. The van der Waals surface area contributed by atoms with E-state index in [4.69, 9.17) is 18.9 Å². The van der Waals surface area contributed by atoms with Crippen LogP contribution in [0.5, 0.6) is 11.5 Å². The fourth-order valence-corrected chi connectivity index (χ4v) is 16.2. The van der Waals surface area contributed by atoms with Crippen LogP contribution in [-0.2, 0) is 25.7 Å². The van der Waals surface area contributed by atoms with Crippen LogP contribution in [0.2, 0.25) is 0 Å². The van der Waals surface area contributed by atoms with Gasteiger partial charge in [0.15, 0.2) is 0 Å². The summed E-state index contributed by atoms with van der Waals surface area (Å²) in [5.74, 6) is 10.9. The van der Waals surface area contributed by atoms with Crippen molar-refractivity contribution in [3.63, 3.8) is 0 Å². The van der Waals surface area contributed by atoms with Crippen molar-refractivity contribution >= 4 is 0 Å². The number of epoxide rings is 2. The molecule has 0 radical (unpaired) electrons. The Bertz CT molecular complexity index is 1250. The molecule has 14 fully saturated rings. The first-order valence-electron chi connectivity index (χ1n) is 20.2. The molecule has 2 unspecified atom stereocenters. The van der Waals surface area contributed by atoms with E-state index in [1.54, 1.807) is 16.7 Å². The van der Waals surface area contributed by atoms with Crippen LogP contribution in [0.1, 0.15) is 132 Å². The standard InChI is InChI=1S/C42H56O4/c1-24-2-26-3-25(1)12-40(11-24,13-26)35-10-36(41-14-27-4-28(15-41)6-29(5-27)16-41)39(46-23-34-21-44-34)37(38(35)45-22-33-20-43-33)42-17-30-7-31(18-42)9-32(8-30)19-42/h10,24-34H,1-9,11-23H2. The molecule has 4 heteroatoms. The van der Waals surface area contributed by atoms with Crippen molar-refractivity contribution < 1.29 is 18.9 Å². The summed E-state index contributed by atoms with van der Waals surface area (Å²) in [4.78, 5) is 0. The Labute approximate surface area is 276 Å². The van der Waals surface area contributed by atoms with Gasteiger partial charge in [-0.05, 0) is 186 Å². The summed E-state index contributed by atoms with van der Waals surface area (Å²) in [7, 11) is 0. The zero-order chi connectivity index (χ0) is 29.8. The summed E-state index contributed by atoms with van der Waals surface area (Å²) in [6, 6.07) is 2.84. The number of hydrogen-bond acceptors (Lipinski definition) is 4. The largest absolute Gasteiger partial charge is 0.490 e. The molecule has 248 valence electrons. The fraction of sp³-hybridized carbons (Fsp3) is 0.857.